The molecule has 1 aliphatic rings. The minimum Gasteiger partial charge on any atom is -0.466 e. The standard InChI is InChI=1S/C15H29NO3/c1-2-19-15(17)9-7-5-3-4-6-8-10-16-11-13-18-14-12-16/h2-14H2,1H3. The van der Waals surface area contributed by atoms with Gasteiger partial charge in [0, 0.05) is 19.5 Å². The number of hydrogen-bond donors (Lipinski definition) is 0. The molecule has 0 atom stereocenters. The number of carbonyl (C=O) groups excluding carboxylic acids is 1. The second kappa shape index (κ2) is 11.2. The van der Waals surface area contributed by atoms with E-state index in [9.17, 15) is 4.79 Å². The molecule has 112 valence electrons. The van der Waals surface area contributed by atoms with Crippen molar-refractivity contribution in [3.63, 3.8) is 0 Å². The molecule has 1 heterocycles. The van der Waals surface area contributed by atoms with Crippen molar-refractivity contribution in [2.75, 3.05) is 39.5 Å². The SMILES string of the molecule is CCOC(=O)CCCCCCCCN1CCOCC1. The van der Waals surface area contributed by atoms with Crippen molar-refractivity contribution in [1.29, 1.82) is 0 Å². The summed E-state index contributed by atoms with van der Waals surface area (Å²) in [6, 6.07) is 0. The molecule has 0 unspecified atom stereocenters. The van der Waals surface area contributed by atoms with E-state index in [-0.39, 0.29) is 5.97 Å². The molecule has 4 nitrogen and oxygen atoms in total. The summed E-state index contributed by atoms with van der Waals surface area (Å²) in [7, 11) is 0. The summed E-state index contributed by atoms with van der Waals surface area (Å²) in [6.07, 6.45) is 7.82. The molecule has 1 saturated heterocycles. The van der Waals surface area contributed by atoms with Crippen LogP contribution in [0.15, 0.2) is 0 Å². The van der Waals surface area contributed by atoms with Gasteiger partial charge in [-0.15, -0.1) is 0 Å². The van der Waals surface area contributed by atoms with Crippen molar-refractivity contribution in [2.45, 2.75) is 51.9 Å². The van der Waals surface area contributed by atoms with Crippen molar-refractivity contribution >= 4 is 5.97 Å². The molecule has 0 aromatic rings. The van der Waals surface area contributed by atoms with Gasteiger partial charge in [0.15, 0.2) is 0 Å². The first kappa shape index (κ1) is 16.4. The van der Waals surface area contributed by atoms with Crippen molar-refractivity contribution in [1.82, 2.24) is 4.90 Å². The van der Waals surface area contributed by atoms with Crippen molar-refractivity contribution in [2.24, 2.45) is 0 Å². The quantitative estimate of drug-likeness (QED) is 0.452. The summed E-state index contributed by atoms with van der Waals surface area (Å²) in [6.45, 7) is 7.56. The summed E-state index contributed by atoms with van der Waals surface area (Å²) in [5, 5.41) is 0. The third kappa shape index (κ3) is 9.00. The number of carbonyl (C=O) groups is 1. The monoisotopic (exact) mass is 271 g/mol. The molecule has 4 heteroatoms. The minimum atomic E-state index is -0.0465. The predicted octanol–water partition coefficient (Wildman–Crippen LogP) is 2.61. The third-order valence-corrected chi connectivity index (χ3v) is 3.51. The first-order valence-electron chi connectivity index (χ1n) is 7.78. The fraction of sp³-hybridized carbons (Fsp3) is 0.933. The molecular weight excluding hydrogens is 242 g/mol. The molecule has 0 aromatic heterocycles. The Labute approximate surface area is 117 Å². The fourth-order valence-corrected chi connectivity index (χ4v) is 2.37. The highest BCUT2D eigenvalue weighted by Gasteiger charge is 2.08. The van der Waals surface area contributed by atoms with E-state index in [1.807, 2.05) is 6.92 Å². The average molecular weight is 271 g/mol. The van der Waals surface area contributed by atoms with Gasteiger partial charge in [0.25, 0.3) is 0 Å². The lowest BCUT2D eigenvalue weighted by Crippen LogP contribution is -2.36. The van der Waals surface area contributed by atoms with Crippen molar-refractivity contribution in [3.05, 3.63) is 0 Å². The number of esters is 1. The third-order valence-electron chi connectivity index (χ3n) is 3.51. The lowest BCUT2D eigenvalue weighted by molar-refractivity contribution is -0.143. The van der Waals surface area contributed by atoms with Crippen LogP contribution in [0.5, 0.6) is 0 Å². The summed E-state index contributed by atoms with van der Waals surface area (Å²) < 4.78 is 10.2. The van der Waals surface area contributed by atoms with Gasteiger partial charge < -0.3 is 9.47 Å². The molecule has 0 bridgehead atoms. The molecule has 0 N–H and O–H groups in total. The topological polar surface area (TPSA) is 38.8 Å². The molecule has 0 saturated carbocycles. The average Bonchev–Trinajstić information content (AvgIpc) is 2.43. The zero-order chi connectivity index (χ0) is 13.8. The van der Waals surface area contributed by atoms with Gasteiger partial charge in [-0.25, -0.2) is 0 Å². The largest absolute Gasteiger partial charge is 0.466 e. The van der Waals surface area contributed by atoms with E-state index in [0.29, 0.717) is 13.0 Å². The number of nitrogens with zero attached hydrogens (tertiary/aromatic N) is 1. The highest BCUT2D eigenvalue weighted by molar-refractivity contribution is 5.69. The van der Waals surface area contributed by atoms with E-state index >= 15 is 0 Å². The Morgan fingerprint density at radius 2 is 1.68 bits per heavy atom. The van der Waals surface area contributed by atoms with Gasteiger partial charge in [-0.1, -0.05) is 25.7 Å². The number of unbranched alkanes of at least 4 members (excludes halogenated alkanes) is 5. The zero-order valence-corrected chi connectivity index (χ0v) is 12.4. The summed E-state index contributed by atoms with van der Waals surface area (Å²) in [4.78, 5) is 13.6. The van der Waals surface area contributed by atoms with Crippen LogP contribution in [0.2, 0.25) is 0 Å². The number of rotatable bonds is 10. The second-order valence-corrected chi connectivity index (χ2v) is 5.13. The molecule has 0 radical (unpaired) electrons. The van der Waals surface area contributed by atoms with Crippen LogP contribution in [0.25, 0.3) is 0 Å². The molecule has 0 aliphatic carbocycles. The van der Waals surface area contributed by atoms with Crippen molar-refractivity contribution < 1.29 is 14.3 Å². The molecule has 0 aromatic carbocycles. The van der Waals surface area contributed by atoms with Gasteiger partial charge in [0.1, 0.15) is 0 Å². The van der Waals surface area contributed by atoms with Gasteiger partial charge in [0.05, 0.1) is 19.8 Å². The molecular formula is C15H29NO3. The number of morpholine rings is 1. The lowest BCUT2D eigenvalue weighted by atomic mass is 10.1. The second-order valence-electron chi connectivity index (χ2n) is 5.13. The van der Waals surface area contributed by atoms with Gasteiger partial charge >= 0.3 is 5.97 Å². The summed E-state index contributed by atoms with van der Waals surface area (Å²) in [5.41, 5.74) is 0. The highest BCUT2D eigenvalue weighted by Crippen LogP contribution is 2.09. The minimum absolute atomic E-state index is 0.0465. The number of hydrogen-bond acceptors (Lipinski definition) is 4. The maximum atomic E-state index is 11.1. The normalized spacial score (nSPS) is 16.5. The van der Waals surface area contributed by atoms with Crippen LogP contribution in [-0.4, -0.2) is 50.3 Å². The molecule has 1 fully saturated rings. The molecule has 1 rings (SSSR count). The molecule has 0 spiro atoms. The first-order chi connectivity index (χ1) is 9.33. The van der Waals surface area contributed by atoms with Crippen LogP contribution in [0, 0.1) is 0 Å². The highest BCUT2D eigenvalue weighted by atomic mass is 16.5. The van der Waals surface area contributed by atoms with E-state index in [1.54, 1.807) is 0 Å². The molecule has 0 amide bonds. The van der Waals surface area contributed by atoms with Crippen molar-refractivity contribution in [3.8, 4) is 0 Å². The van der Waals surface area contributed by atoms with E-state index < -0.39 is 0 Å². The fourth-order valence-electron chi connectivity index (χ4n) is 2.37. The predicted molar refractivity (Wildman–Crippen MR) is 76.2 cm³/mol. The Hall–Kier alpha value is -0.610. The van der Waals surface area contributed by atoms with Gasteiger partial charge in [0.2, 0.25) is 0 Å². The van der Waals surface area contributed by atoms with E-state index in [2.05, 4.69) is 4.90 Å². The summed E-state index contributed by atoms with van der Waals surface area (Å²) in [5.74, 6) is -0.0465. The maximum Gasteiger partial charge on any atom is 0.305 e. The first-order valence-corrected chi connectivity index (χ1v) is 7.78. The van der Waals surface area contributed by atoms with Crippen LogP contribution in [0.3, 0.4) is 0 Å². The summed E-state index contributed by atoms with van der Waals surface area (Å²) >= 11 is 0. The van der Waals surface area contributed by atoms with Crippen LogP contribution >= 0.6 is 0 Å². The van der Waals surface area contributed by atoms with Gasteiger partial charge in [-0.3, -0.25) is 9.69 Å². The Morgan fingerprint density at radius 3 is 2.37 bits per heavy atom. The molecule has 1 aliphatic heterocycles. The smallest absolute Gasteiger partial charge is 0.305 e. The van der Waals surface area contributed by atoms with E-state index in [0.717, 1.165) is 39.1 Å². The van der Waals surface area contributed by atoms with E-state index in [1.165, 1.54) is 32.2 Å². The van der Waals surface area contributed by atoms with Crippen LogP contribution in [0.1, 0.15) is 51.9 Å². The maximum absolute atomic E-state index is 11.1. The Morgan fingerprint density at radius 1 is 1.05 bits per heavy atom. The Kier molecular flexibility index (Phi) is 9.72. The Bertz CT molecular complexity index is 227. The van der Waals surface area contributed by atoms with E-state index in [4.69, 9.17) is 9.47 Å². The Balaban J connectivity index is 1.79. The van der Waals surface area contributed by atoms with Crippen LogP contribution < -0.4 is 0 Å². The number of ether oxygens (including phenoxy) is 2. The van der Waals surface area contributed by atoms with Gasteiger partial charge in [-0.05, 0) is 26.3 Å². The van der Waals surface area contributed by atoms with Crippen LogP contribution in [0.4, 0.5) is 0 Å². The lowest BCUT2D eigenvalue weighted by Gasteiger charge is -2.26. The molecule has 19 heavy (non-hydrogen) atoms. The van der Waals surface area contributed by atoms with Crippen LogP contribution in [-0.2, 0) is 14.3 Å². The zero-order valence-electron chi connectivity index (χ0n) is 12.4. The van der Waals surface area contributed by atoms with Gasteiger partial charge in [-0.2, -0.15) is 0 Å².